The lowest BCUT2D eigenvalue weighted by Crippen LogP contribution is -1.94. The molecule has 0 fully saturated rings. The summed E-state index contributed by atoms with van der Waals surface area (Å²) in [6.07, 6.45) is 3.47. The van der Waals surface area contributed by atoms with Gasteiger partial charge in [-0.1, -0.05) is 24.3 Å². The van der Waals surface area contributed by atoms with Crippen LogP contribution in [-0.2, 0) is 0 Å². The summed E-state index contributed by atoms with van der Waals surface area (Å²) in [6.45, 7) is 3.54. The van der Waals surface area contributed by atoms with E-state index in [1.165, 1.54) is 0 Å². The summed E-state index contributed by atoms with van der Waals surface area (Å²) in [5.41, 5.74) is 1.26. The average Bonchev–Trinajstić information content (AvgIpc) is 2.06. The number of aromatic carboxylic acids is 1. The maximum Gasteiger partial charge on any atom is 0.335 e. The second-order valence-corrected chi connectivity index (χ2v) is 2.33. The van der Waals surface area contributed by atoms with E-state index in [1.807, 2.05) is 6.08 Å². The van der Waals surface area contributed by atoms with E-state index in [0.717, 1.165) is 5.56 Å². The van der Waals surface area contributed by atoms with Gasteiger partial charge in [0.05, 0.1) is 5.56 Å². The lowest BCUT2D eigenvalue weighted by atomic mass is 10.1. The van der Waals surface area contributed by atoms with Gasteiger partial charge < -0.3 is 5.11 Å². The Hall–Kier alpha value is -1.57. The van der Waals surface area contributed by atoms with Gasteiger partial charge in [-0.2, -0.15) is 0 Å². The van der Waals surface area contributed by atoms with Crippen LogP contribution in [-0.4, -0.2) is 11.1 Å². The largest absolute Gasteiger partial charge is 0.478 e. The van der Waals surface area contributed by atoms with Crippen molar-refractivity contribution in [3.05, 3.63) is 48.4 Å². The molecule has 2 heteroatoms. The van der Waals surface area contributed by atoms with Crippen LogP contribution in [0.4, 0.5) is 0 Å². The molecule has 1 N–H and O–H groups in total. The highest BCUT2D eigenvalue weighted by atomic mass is 16.4. The van der Waals surface area contributed by atoms with Gasteiger partial charge in [0.25, 0.3) is 0 Å². The van der Waals surface area contributed by atoms with Crippen LogP contribution in [0.3, 0.4) is 0 Å². The fraction of sp³-hybridized carbons (Fsp3) is 0. The number of allylic oxidation sites excluding steroid dienone is 1. The minimum atomic E-state index is -0.903. The first-order valence-electron chi connectivity index (χ1n) is 3.53. The van der Waals surface area contributed by atoms with Crippen molar-refractivity contribution in [2.45, 2.75) is 0 Å². The molecule has 0 aliphatic rings. The Balaban J connectivity index is 2.93. The molecule has 0 heterocycles. The zero-order valence-electron chi connectivity index (χ0n) is 6.53. The van der Waals surface area contributed by atoms with Gasteiger partial charge in [-0.05, 0) is 24.6 Å². The molecule has 0 atom stereocenters. The Morgan fingerprint density at radius 3 is 2.33 bits per heavy atom. The molecule has 1 radical (unpaired) electrons. The zero-order valence-corrected chi connectivity index (χ0v) is 6.53. The number of hydrogen-bond acceptors (Lipinski definition) is 1. The molecular weight excluding hydrogens is 152 g/mol. The molecule has 0 spiro atoms. The summed E-state index contributed by atoms with van der Waals surface area (Å²) in [7, 11) is 0. The Bertz CT molecular complexity index is 296. The van der Waals surface area contributed by atoms with Crippen molar-refractivity contribution >= 4 is 12.0 Å². The van der Waals surface area contributed by atoms with Crippen molar-refractivity contribution in [1.82, 2.24) is 0 Å². The maximum atomic E-state index is 10.4. The number of hydrogen-bond donors (Lipinski definition) is 1. The molecule has 1 aromatic rings. The van der Waals surface area contributed by atoms with Gasteiger partial charge in [-0.3, -0.25) is 0 Å². The molecule has 0 unspecified atom stereocenters. The van der Waals surface area contributed by atoms with Crippen molar-refractivity contribution in [3.63, 3.8) is 0 Å². The van der Waals surface area contributed by atoms with Gasteiger partial charge in [0.1, 0.15) is 0 Å². The predicted molar refractivity (Wildman–Crippen MR) is 47.8 cm³/mol. The molecular formula is C10H9O2. The Labute approximate surface area is 71.2 Å². The van der Waals surface area contributed by atoms with E-state index < -0.39 is 5.97 Å². The van der Waals surface area contributed by atoms with Crippen molar-refractivity contribution in [2.24, 2.45) is 0 Å². The number of carbonyl (C=O) groups is 1. The zero-order chi connectivity index (χ0) is 8.97. The molecule has 12 heavy (non-hydrogen) atoms. The minimum Gasteiger partial charge on any atom is -0.478 e. The summed E-state index contributed by atoms with van der Waals surface area (Å²) in [5, 5.41) is 8.58. The Morgan fingerprint density at radius 2 is 1.92 bits per heavy atom. The molecule has 1 aromatic carbocycles. The molecule has 0 saturated heterocycles. The van der Waals surface area contributed by atoms with E-state index in [-0.39, 0.29) is 0 Å². The monoisotopic (exact) mass is 161 g/mol. The molecule has 0 saturated carbocycles. The topological polar surface area (TPSA) is 37.3 Å². The average molecular weight is 161 g/mol. The van der Waals surface area contributed by atoms with E-state index >= 15 is 0 Å². The van der Waals surface area contributed by atoms with Crippen LogP contribution in [0, 0.1) is 6.92 Å². The first kappa shape index (κ1) is 8.53. The Morgan fingerprint density at radius 1 is 1.33 bits per heavy atom. The van der Waals surface area contributed by atoms with Gasteiger partial charge in [0.15, 0.2) is 0 Å². The van der Waals surface area contributed by atoms with Crippen molar-refractivity contribution in [1.29, 1.82) is 0 Å². The smallest absolute Gasteiger partial charge is 0.335 e. The molecule has 2 nitrogen and oxygen atoms in total. The van der Waals surface area contributed by atoms with E-state index in [9.17, 15) is 4.79 Å². The van der Waals surface area contributed by atoms with Crippen molar-refractivity contribution in [3.8, 4) is 0 Å². The fourth-order valence-corrected chi connectivity index (χ4v) is 0.873. The third kappa shape index (κ3) is 1.95. The van der Waals surface area contributed by atoms with Crippen LogP contribution in [0.2, 0.25) is 0 Å². The summed E-state index contributed by atoms with van der Waals surface area (Å²) in [4.78, 5) is 10.4. The normalized spacial score (nSPS) is 10.4. The van der Waals surface area contributed by atoms with Crippen molar-refractivity contribution in [2.75, 3.05) is 0 Å². The fourth-order valence-electron chi connectivity index (χ4n) is 0.873. The number of rotatable bonds is 2. The lowest BCUT2D eigenvalue weighted by molar-refractivity contribution is 0.0697. The standard InChI is InChI=1S/C10H9O2/c1-2-3-8-4-6-9(7-5-8)10(11)12/h2-7H,1H2,(H,11,12)/b3-2+. The molecule has 0 aliphatic carbocycles. The van der Waals surface area contributed by atoms with Gasteiger partial charge in [0, 0.05) is 0 Å². The van der Waals surface area contributed by atoms with E-state index in [0.29, 0.717) is 5.56 Å². The second kappa shape index (κ2) is 3.72. The minimum absolute atomic E-state index is 0.302. The SMILES string of the molecule is [CH2]/C=C/c1ccc(C(=O)O)cc1. The highest BCUT2D eigenvalue weighted by Gasteiger charge is 1.99. The van der Waals surface area contributed by atoms with Crippen LogP contribution in [0.1, 0.15) is 15.9 Å². The predicted octanol–water partition coefficient (Wildman–Crippen LogP) is 2.23. The second-order valence-electron chi connectivity index (χ2n) is 2.33. The first-order chi connectivity index (χ1) is 5.74. The molecule has 61 valence electrons. The number of carboxylic acid groups (broad SMARTS) is 1. The van der Waals surface area contributed by atoms with Crippen LogP contribution in [0.25, 0.3) is 6.08 Å². The summed E-state index contributed by atoms with van der Waals surface area (Å²) < 4.78 is 0. The quantitative estimate of drug-likeness (QED) is 0.722. The molecule has 1 rings (SSSR count). The highest BCUT2D eigenvalue weighted by Crippen LogP contribution is 2.05. The molecule has 0 bridgehead atoms. The highest BCUT2D eigenvalue weighted by molar-refractivity contribution is 5.87. The third-order valence-corrected chi connectivity index (χ3v) is 1.47. The van der Waals surface area contributed by atoms with Gasteiger partial charge in [-0.25, -0.2) is 4.79 Å². The summed E-state index contributed by atoms with van der Waals surface area (Å²) in [6, 6.07) is 6.62. The molecule has 0 aliphatic heterocycles. The summed E-state index contributed by atoms with van der Waals surface area (Å²) in [5.74, 6) is -0.903. The van der Waals surface area contributed by atoms with E-state index in [4.69, 9.17) is 5.11 Å². The van der Waals surface area contributed by atoms with Crippen LogP contribution in [0.5, 0.6) is 0 Å². The van der Waals surface area contributed by atoms with Gasteiger partial charge in [0.2, 0.25) is 0 Å². The van der Waals surface area contributed by atoms with E-state index in [1.54, 1.807) is 30.3 Å². The van der Waals surface area contributed by atoms with Crippen LogP contribution in [0.15, 0.2) is 30.3 Å². The Kier molecular flexibility index (Phi) is 2.64. The number of carboxylic acids is 1. The number of benzene rings is 1. The maximum absolute atomic E-state index is 10.4. The first-order valence-corrected chi connectivity index (χ1v) is 3.53. The van der Waals surface area contributed by atoms with Gasteiger partial charge in [-0.15, -0.1) is 0 Å². The van der Waals surface area contributed by atoms with Gasteiger partial charge >= 0.3 is 5.97 Å². The van der Waals surface area contributed by atoms with Crippen LogP contribution < -0.4 is 0 Å². The lowest BCUT2D eigenvalue weighted by Gasteiger charge is -1.94. The third-order valence-electron chi connectivity index (χ3n) is 1.47. The molecule has 0 aromatic heterocycles. The summed E-state index contributed by atoms with van der Waals surface area (Å²) >= 11 is 0. The van der Waals surface area contributed by atoms with Crippen LogP contribution >= 0.6 is 0 Å². The van der Waals surface area contributed by atoms with Crippen molar-refractivity contribution < 1.29 is 9.90 Å². The molecule has 0 amide bonds. The van der Waals surface area contributed by atoms with E-state index in [2.05, 4.69) is 6.92 Å².